The number of aryl methyl sites for hydroxylation is 1. The number of nitrogens with one attached hydrogen (secondary N) is 1. The van der Waals surface area contributed by atoms with Crippen LogP contribution in [0.1, 0.15) is 36.5 Å². The average Bonchev–Trinajstić information content (AvgIpc) is 3.10. The zero-order chi connectivity index (χ0) is 18.5. The van der Waals surface area contributed by atoms with E-state index in [1.807, 2.05) is 30.3 Å². The van der Waals surface area contributed by atoms with E-state index in [-0.39, 0.29) is 0 Å². The van der Waals surface area contributed by atoms with Crippen LogP contribution in [0.15, 0.2) is 78.9 Å². The van der Waals surface area contributed by atoms with Crippen molar-refractivity contribution in [2.75, 3.05) is 0 Å². The quantitative estimate of drug-likeness (QED) is 0.401. The zero-order valence-electron chi connectivity index (χ0n) is 15.6. The Morgan fingerprint density at radius 3 is 2.30 bits per heavy atom. The second-order valence-corrected chi connectivity index (χ2v) is 6.84. The molecule has 0 aliphatic carbocycles. The van der Waals surface area contributed by atoms with E-state index in [1.54, 1.807) is 0 Å². The van der Waals surface area contributed by atoms with Gasteiger partial charge in [-0.2, -0.15) is 0 Å². The van der Waals surface area contributed by atoms with E-state index in [4.69, 9.17) is 0 Å². The molecule has 0 saturated heterocycles. The highest BCUT2D eigenvalue weighted by Gasteiger charge is 2.11. The Morgan fingerprint density at radius 1 is 0.778 bits per heavy atom. The fraction of sp³-hybridized carbons (Fsp3) is 0.154. The Morgan fingerprint density at radius 2 is 1.52 bits per heavy atom. The number of fused-ring (bicyclic) bond motifs is 1. The van der Waals surface area contributed by atoms with Crippen molar-refractivity contribution < 1.29 is 0 Å². The van der Waals surface area contributed by atoms with Crippen LogP contribution in [-0.4, -0.2) is 4.98 Å². The lowest BCUT2D eigenvalue weighted by atomic mass is 10.0. The molecular formula is C26H23N. The van der Waals surface area contributed by atoms with Gasteiger partial charge in [-0.15, -0.1) is 0 Å². The van der Waals surface area contributed by atoms with Crippen LogP contribution in [0.2, 0.25) is 0 Å². The van der Waals surface area contributed by atoms with E-state index >= 15 is 0 Å². The van der Waals surface area contributed by atoms with E-state index in [9.17, 15) is 0 Å². The second-order valence-electron chi connectivity index (χ2n) is 6.84. The molecule has 1 N–H and O–H groups in total. The summed E-state index contributed by atoms with van der Waals surface area (Å²) in [6, 6.07) is 27.4. The monoisotopic (exact) mass is 349 g/mol. The molecule has 1 heterocycles. The molecule has 132 valence electrons. The van der Waals surface area contributed by atoms with Crippen LogP contribution in [0.4, 0.5) is 0 Å². The third-order valence-electron chi connectivity index (χ3n) is 4.87. The fourth-order valence-electron chi connectivity index (χ4n) is 3.36. The van der Waals surface area contributed by atoms with Gasteiger partial charge in [-0.1, -0.05) is 85.8 Å². The van der Waals surface area contributed by atoms with Crippen LogP contribution in [0.3, 0.4) is 0 Å². The number of hydrogen-bond acceptors (Lipinski definition) is 0. The minimum atomic E-state index is 1.03. The van der Waals surface area contributed by atoms with Gasteiger partial charge in [0.15, 0.2) is 0 Å². The SMILES string of the molecule is CCCCc1ccc(-c2[nH]c3ccccc3c2C#Cc2ccccc2)cc1. The van der Waals surface area contributed by atoms with Gasteiger partial charge in [0.2, 0.25) is 0 Å². The molecule has 1 heteroatoms. The van der Waals surface area contributed by atoms with Crippen molar-refractivity contribution in [2.24, 2.45) is 0 Å². The summed E-state index contributed by atoms with van der Waals surface area (Å²) >= 11 is 0. The predicted molar refractivity (Wildman–Crippen MR) is 115 cm³/mol. The molecular weight excluding hydrogens is 326 g/mol. The van der Waals surface area contributed by atoms with Crippen molar-refractivity contribution in [3.05, 3.63) is 95.6 Å². The molecule has 0 aliphatic rings. The Hall–Kier alpha value is -3.24. The first kappa shape index (κ1) is 17.2. The summed E-state index contributed by atoms with van der Waals surface area (Å²) in [7, 11) is 0. The first-order valence-electron chi connectivity index (χ1n) is 9.62. The van der Waals surface area contributed by atoms with Gasteiger partial charge in [0.1, 0.15) is 0 Å². The lowest BCUT2D eigenvalue weighted by molar-refractivity contribution is 0.795. The Bertz CT molecular complexity index is 1090. The van der Waals surface area contributed by atoms with Crippen LogP contribution in [0.25, 0.3) is 22.2 Å². The predicted octanol–water partition coefficient (Wildman–Crippen LogP) is 6.58. The molecule has 0 radical (unpaired) electrons. The maximum atomic E-state index is 3.58. The molecule has 0 fully saturated rings. The average molecular weight is 349 g/mol. The molecule has 27 heavy (non-hydrogen) atoms. The number of aromatic amines is 1. The lowest BCUT2D eigenvalue weighted by Crippen LogP contribution is -1.86. The smallest absolute Gasteiger partial charge is 0.0624 e. The number of hydrogen-bond donors (Lipinski definition) is 1. The standard InChI is InChI=1S/C26H23N/c1-2-3-9-21-14-17-22(18-15-21)26-24(19-16-20-10-5-4-6-11-20)23-12-7-8-13-25(23)27-26/h4-8,10-15,17-18,27H,2-3,9H2,1H3. The molecule has 0 aliphatic heterocycles. The number of rotatable bonds is 4. The van der Waals surface area contributed by atoms with E-state index in [2.05, 4.69) is 72.3 Å². The van der Waals surface area contributed by atoms with Crippen LogP contribution < -0.4 is 0 Å². The topological polar surface area (TPSA) is 15.8 Å². The maximum Gasteiger partial charge on any atom is 0.0624 e. The first-order chi connectivity index (χ1) is 13.3. The van der Waals surface area contributed by atoms with Crippen molar-refractivity contribution in [1.29, 1.82) is 0 Å². The number of aromatic nitrogens is 1. The van der Waals surface area contributed by atoms with E-state index in [0.717, 1.165) is 28.8 Å². The number of benzene rings is 3. The van der Waals surface area contributed by atoms with Gasteiger partial charge in [0.25, 0.3) is 0 Å². The van der Waals surface area contributed by atoms with Crippen molar-refractivity contribution in [3.63, 3.8) is 0 Å². The van der Waals surface area contributed by atoms with Crippen LogP contribution in [0.5, 0.6) is 0 Å². The normalized spacial score (nSPS) is 10.6. The Labute approximate surface area is 161 Å². The summed E-state index contributed by atoms with van der Waals surface area (Å²) < 4.78 is 0. The van der Waals surface area contributed by atoms with Crippen LogP contribution >= 0.6 is 0 Å². The maximum absolute atomic E-state index is 3.58. The third kappa shape index (κ3) is 3.81. The lowest BCUT2D eigenvalue weighted by Gasteiger charge is -2.03. The highest BCUT2D eigenvalue weighted by Crippen LogP contribution is 2.30. The van der Waals surface area contributed by atoms with Crippen LogP contribution in [-0.2, 0) is 6.42 Å². The molecule has 4 rings (SSSR count). The Balaban J connectivity index is 1.78. The summed E-state index contributed by atoms with van der Waals surface area (Å²) in [5.74, 6) is 6.74. The summed E-state index contributed by atoms with van der Waals surface area (Å²) in [6.07, 6.45) is 3.60. The van der Waals surface area contributed by atoms with Gasteiger partial charge >= 0.3 is 0 Å². The van der Waals surface area contributed by atoms with Gasteiger partial charge in [0.05, 0.1) is 11.3 Å². The van der Waals surface area contributed by atoms with Crippen molar-refractivity contribution >= 4 is 10.9 Å². The minimum Gasteiger partial charge on any atom is -0.353 e. The number of para-hydroxylation sites is 1. The van der Waals surface area contributed by atoms with E-state index in [0.29, 0.717) is 0 Å². The molecule has 0 spiro atoms. The number of H-pyrrole nitrogens is 1. The second kappa shape index (κ2) is 7.98. The fourth-order valence-corrected chi connectivity index (χ4v) is 3.36. The van der Waals surface area contributed by atoms with Crippen molar-refractivity contribution in [2.45, 2.75) is 26.2 Å². The molecule has 4 aromatic rings. The summed E-state index contributed by atoms with van der Waals surface area (Å²) in [5, 5.41) is 1.17. The highest BCUT2D eigenvalue weighted by atomic mass is 14.7. The molecule has 0 amide bonds. The van der Waals surface area contributed by atoms with Crippen molar-refractivity contribution in [1.82, 2.24) is 4.98 Å². The number of unbranched alkanes of at least 4 members (excludes halogenated alkanes) is 1. The van der Waals surface area contributed by atoms with Gasteiger partial charge in [0, 0.05) is 16.5 Å². The molecule has 0 saturated carbocycles. The Kier molecular flexibility index (Phi) is 5.08. The summed E-state index contributed by atoms with van der Waals surface area (Å²) in [4.78, 5) is 3.58. The largest absolute Gasteiger partial charge is 0.353 e. The minimum absolute atomic E-state index is 1.03. The molecule has 1 nitrogen and oxygen atoms in total. The molecule has 3 aromatic carbocycles. The zero-order valence-corrected chi connectivity index (χ0v) is 15.6. The van der Waals surface area contributed by atoms with Gasteiger partial charge in [-0.3, -0.25) is 0 Å². The van der Waals surface area contributed by atoms with Crippen molar-refractivity contribution in [3.8, 4) is 23.1 Å². The van der Waals surface area contributed by atoms with Gasteiger partial charge in [-0.25, -0.2) is 0 Å². The van der Waals surface area contributed by atoms with E-state index in [1.165, 1.54) is 29.4 Å². The highest BCUT2D eigenvalue weighted by molar-refractivity contribution is 5.94. The molecule has 1 aromatic heterocycles. The van der Waals surface area contributed by atoms with Crippen LogP contribution in [0, 0.1) is 11.8 Å². The first-order valence-corrected chi connectivity index (χ1v) is 9.62. The van der Waals surface area contributed by atoms with Gasteiger partial charge in [-0.05, 0) is 42.2 Å². The summed E-state index contributed by atoms with van der Waals surface area (Å²) in [5.41, 5.74) is 6.90. The third-order valence-corrected chi connectivity index (χ3v) is 4.87. The molecule has 0 bridgehead atoms. The summed E-state index contributed by atoms with van der Waals surface area (Å²) in [6.45, 7) is 2.23. The van der Waals surface area contributed by atoms with E-state index < -0.39 is 0 Å². The van der Waals surface area contributed by atoms with Gasteiger partial charge < -0.3 is 4.98 Å². The molecule has 0 atom stereocenters. The molecule has 0 unspecified atom stereocenters.